The standard InChI is InChI=1S/C14H20ClN3/c1-10(11-6-8-12(15)9-7-11)17-14(16-2)18-13-4-3-5-13/h6-10,13H,3-5H2,1-2H3,(H2,16,17,18). The minimum absolute atomic E-state index is 0.216. The number of nitrogens with one attached hydrogen (secondary N) is 2. The summed E-state index contributed by atoms with van der Waals surface area (Å²) in [6.07, 6.45) is 3.81. The van der Waals surface area contributed by atoms with Gasteiger partial charge in [0.05, 0.1) is 6.04 Å². The molecule has 0 aromatic heterocycles. The molecule has 1 aliphatic rings. The summed E-state index contributed by atoms with van der Waals surface area (Å²) in [7, 11) is 1.81. The van der Waals surface area contributed by atoms with Gasteiger partial charge in [-0.15, -0.1) is 0 Å². The van der Waals surface area contributed by atoms with Crippen molar-refractivity contribution in [1.29, 1.82) is 0 Å². The Balaban J connectivity index is 1.92. The topological polar surface area (TPSA) is 36.4 Å². The molecule has 1 fully saturated rings. The summed E-state index contributed by atoms with van der Waals surface area (Å²) in [6.45, 7) is 2.12. The second-order valence-electron chi connectivity index (χ2n) is 4.76. The van der Waals surface area contributed by atoms with Crippen molar-refractivity contribution in [1.82, 2.24) is 10.6 Å². The molecule has 1 aliphatic carbocycles. The van der Waals surface area contributed by atoms with Crippen molar-refractivity contribution in [3.8, 4) is 0 Å². The molecule has 0 bridgehead atoms. The molecule has 0 amide bonds. The highest BCUT2D eigenvalue weighted by molar-refractivity contribution is 6.30. The Morgan fingerprint density at radius 2 is 2.00 bits per heavy atom. The SMILES string of the molecule is CN=C(NC1CCC1)NC(C)c1ccc(Cl)cc1. The highest BCUT2D eigenvalue weighted by Gasteiger charge is 2.19. The van der Waals surface area contributed by atoms with Gasteiger partial charge in [0.2, 0.25) is 0 Å². The van der Waals surface area contributed by atoms with E-state index in [1.54, 1.807) is 0 Å². The molecular weight excluding hydrogens is 246 g/mol. The normalized spacial score (nSPS) is 18.1. The van der Waals surface area contributed by atoms with Crippen LogP contribution in [0.4, 0.5) is 0 Å². The van der Waals surface area contributed by atoms with Crippen molar-refractivity contribution in [3.05, 3.63) is 34.9 Å². The molecule has 4 heteroatoms. The number of halogens is 1. The van der Waals surface area contributed by atoms with Crippen LogP contribution >= 0.6 is 11.6 Å². The van der Waals surface area contributed by atoms with Crippen LogP contribution < -0.4 is 10.6 Å². The van der Waals surface area contributed by atoms with E-state index in [4.69, 9.17) is 11.6 Å². The average Bonchev–Trinajstić information content (AvgIpc) is 2.32. The maximum atomic E-state index is 5.89. The summed E-state index contributed by atoms with van der Waals surface area (Å²) < 4.78 is 0. The third-order valence-electron chi connectivity index (χ3n) is 3.39. The van der Waals surface area contributed by atoms with Gasteiger partial charge >= 0.3 is 0 Å². The Kier molecular flexibility index (Phi) is 4.48. The van der Waals surface area contributed by atoms with E-state index < -0.39 is 0 Å². The molecule has 18 heavy (non-hydrogen) atoms. The van der Waals surface area contributed by atoms with E-state index in [2.05, 4.69) is 22.5 Å². The fourth-order valence-corrected chi connectivity index (χ4v) is 2.08. The predicted octanol–water partition coefficient (Wildman–Crippen LogP) is 3.12. The summed E-state index contributed by atoms with van der Waals surface area (Å²) in [6, 6.07) is 8.71. The van der Waals surface area contributed by atoms with Crippen LogP contribution in [0, 0.1) is 0 Å². The van der Waals surface area contributed by atoms with Gasteiger partial charge in [-0.2, -0.15) is 0 Å². The van der Waals surface area contributed by atoms with Crippen LogP contribution in [-0.4, -0.2) is 19.0 Å². The molecule has 2 rings (SSSR count). The number of benzene rings is 1. The molecular formula is C14H20ClN3. The van der Waals surface area contributed by atoms with Gasteiger partial charge in [-0.25, -0.2) is 0 Å². The summed E-state index contributed by atoms with van der Waals surface area (Å²) in [5.74, 6) is 0.877. The van der Waals surface area contributed by atoms with Crippen LogP contribution in [0.3, 0.4) is 0 Å². The zero-order valence-electron chi connectivity index (χ0n) is 10.9. The van der Waals surface area contributed by atoms with Crippen molar-refractivity contribution in [2.75, 3.05) is 7.05 Å². The molecule has 0 radical (unpaired) electrons. The fourth-order valence-electron chi connectivity index (χ4n) is 1.96. The first-order chi connectivity index (χ1) is 8.69. The van der Waals surface area contributed by atoms with Crippen molar-refractivity contribution in [2.24, 2.45) is 4.99 Å². The van der Waals surface area contributed by atoms with Crippen molar-refractivity contribution < 1.29 is 0 Å². The number of aliphatic imine (C=N–C) groups is 1. The summed E-state index contributed by atoms with van der Waals surface area (Å²) in [5.41, 5.74) is 1.20. The molecule has 1 aromatic carbocycles. The van der Waals surface area contributed by atoms with Gasteiger partial charge in [0.25, 0.3) is 0 Å². The van der Waals surface area contributed by atoms with Gasteiger partial charge in [0, 0.05) is 18.1 Å². The van der Waals surface area contributed by atoms with E-state index >= 15 is 0 Å². The maximum absolute atomic E-state index is 5.89. The van der Waals surface area contributed by atoms with Gasteiger partial charge in [-0.3, -0.25) is 4.99 Å². The number of hydrogen-bond acceptors (Lipinski definition) is 1. The highest BCUT2D eigenvalue weighted by atomic mass is 35.5. The highest BCUT2D eigenvalue weighted by Crippen LogP contribution is 2.19. The smallest absolute Gasteiger partial charge is 0.191 e. The van der Waals surface area contributed by atoms with Crippen LogP contribution in [0.25, 0.3) is 0 Å². The Hall–Kier alpha value is -1.22. The molecule has 1 unspecified atom stereocenters. The molecule has 0 aliphatic heterocycles. The number of nitrogens with zero attached hydrogens (tertiary/aromatic N) is 1. The van der Waals surface area contributed by atoms with Gasteiger partial charge in [0.1, 0.15) is 0 Å². The van der Waals surface area contributed by atoms with E-state index in [-0.39, 0.29) is 6.04 Å². The Bertz CT molecular complexity index is 410. The largest absolute Gasteiger partial charge is 0.354 e. The Morgan fingerprint density at radius 1 is 1.33 bits per heavy atom. The zero-order chi connectivity index (χ0) is 13.0. The predicted molar refractivity (Wildman–Crippen MR) is 77.1 cm³/mol. The second-order valence-corrected chi connectivity index (χ2v) is 5.20. The lowest BCUT2D eigenvalue weighted by Crippen LogP contribution is -2.46. The third kappa shape index (κ3) is 3.39. The molecule has 0 spiro atoms. The summed E-state index contributed by atoms with van der Waals surface area (Å²) in [4.78, 5) is 4.26. The van der Waals surface area contributed by atoms with Crippen molar-refractivity contribution >= 4 is 17.6 Å². The van der Waals surface area contributed by atoms with Crippen LogP contribution in [0.2, 0.25) is 5.02 Å². The zero-order valence-corrected chi connectivity index (χ0v) is 11.7. The Labute approximate surface area is 114 Å². The van der Waals surface area contributed by atoms with Crippen molar-refractivity contribution in [2.45, 2.75) is 38.3 Å². The molecule has 2 N–H and O–H groups in total. The molecule has 0 heterocycles. The quantitative estimate of drug-likeness (QED) is 0.651. The van der Waals surface area contributed by atoms with E-state index in [9.17, 15) is 0 Å². The van der Waals surface area contributed by atoms with Gasteiger partial charge in [0.15, 0.2) is 5.96 Å². The molecule has 1 aromatic rings. The Morgan fingerprint density at radius 3 is 2.50 bits per heavy atom. The lowest BCUT2D eigenvalue weighted by atomic mass is 9.93. The van der Waals surface area contributed by atoms with Gasteiger partial charge in [-0.05, 0) is 43.9 Å². The lowest BCUT2D eigenvalue weighted by Gasteiger charge is -2.29. The molecule has 1 saturated carbocycles. The van der Waals surface area contributed by atoms with Gasteiger partial charge in [-0.1, -0.05) is 23.7 Å². The first-order valence-corrected chi connectivity index (χ1v) is 6.82. The van der Waals surface area contributed by atoms with E-state index in [1.165, 1.54) is 24.8 Å². The second kappa shape index (κ2) is 6.10. The third-order valence-corrected chi connectivity index (χ3v) is 3.64. The van der Waals surface area contributed by atoms with Crippen LogP contribution in [0.15, 0.2) is 29.3 Å². The van der Waals surface area contributed by atoms with Gasteiger partial charge < -0.3 is 10.6 Å². The van der Waals surface area contributed by atoms with E-state index in [0.717, 1.165) is 11.0 Å². The molecule has 3 nitrogen and oxygen atoms in total. The minimum Gasteiger partial charge on any atom is -0.354 e. The van der Waals surface area contributed by atoms with Crippen molar-refractivity contribution in [3.63, 3.8) is 0 Å². The van der Waals surface area contributed by atoms with Crippen LogP contribution in [0.5, 0.6) is 0 Å². The molecule has 98 valence electrons. The number of guanidine groups is 1. The number of rotatable bonds is 3. The first-order valence-electron chi connectivity index (χ1n) is 6.44. The monoisotopic (exact) mass is 265 g/mol. The van der Waals surface area contributed by atoms with Crippen LogP contribution in [0.1, 0.15) is 37.8 Å². The first kappa shape index (κ1) is 13.2. The fraction of sp³-hybridized carbons (Fsp3) is 0.500. The molecule has 0 saturated heterocycles. The average molecular weight is 266 g/mol. The van der Waals surface area contributed by atoms with E-state index in [0.29, 0.717) is 6.04 Å². The minimum atomic E-state index is 0.216. The lowest BCUT2D eigenvalue weighted by molar-refractivity contribution is 0.378. The summed E-state index contributed by atoms with van der Waals surface area (Å²) >= 11 is 5.89. The maximum Gasteiger partial charge on any atom is 0.191 e. The molecule has 1 atom stereocenters. The van der Waals surface area contributed by atoms with Crippen LogP contribution in [-0.2, 0) is 0 Å². The van der Waals surface area contributed by atoms with E-state index in [1.807, 2.05) is 31.3 Å². The summed E-state index contributed by atoms with van der Waals surface area (Å²) in [5, 5.41) is 7.59. The number of hydrogen-bond donors (Lipinski definition) is 2.